The van der Waals surface area contributed by atoms with Crippen molar-refractivity contribution >= 4 is 21.6 Å². The number of methoxy groups -OCH3 is 2. The maximum absolute atomic E-state index is 5.35. The Morgan fingerprint density at radius 2 is 1.85 bits per heavy atom. The van der Waals surface area contributed by atoms with Gasteiger partial charge in [-0.25, -0.2) is 0 Å². The molecule has 0 atom stereocenters. The molecule has 0 unspecified atom stereocenters. The van der Waals surface area contributed by atoms with Gasteiger partial charge in [-0.1, -0.05) is 28.1 Å². The quantitative estimate of drug-likeness (QED) is 0.879. The van der Waals surface area contributed by atoms with Crippen molar-refractivity contribution in [3.05, 3.63) is 52.0 Å². The SMILES string of the molecule is COc1ccc(OC)c(NCc2ccc(Br)c(C)c2)c1. The van der Waals surface area contributed by atoms with Crippen LogP contribution in [0.5, 0.6) is 11.5 Å². The number of nitrogens with one attached hydrogen (secondary N) is 1. The van der Waals surface area contributed by atoms with E-state index in [-0.39, 0.29) is 0 Å². The van der Waals surface area contributed by atoms with Gasteiger partial charge < -0.3 is 14.8 Å². The number of hydrogen-bond donors (Lipinski definition) is 1. The van der Waals surface area contributed by atoms with E-state index < -0.39 is 0 Å². The van der Waals surface area contributed by atoms with Crippen molar-refractivity contribution in [3.8, 4) is 11.5 Å². The molecule has 0 amide bonds. The maximum atomic E-state index is 5.35. The Labute approximate surface area is 128 Å². The van der Waals surface area contributed by atoms with Crippen LogP contribution < -0.4 is 14.8 Å². The van der Waals surface area contributed by atoms with E-state index in [2.05, 4.69) is 46.4 Å². The van der Waals surface area contributed by atoms with E-state index in [1.54, 1.807) is 14.2 Å². The molecule has 1 N–H and O–H groups in total. The minimum absolute atomic E-state index is 0.734. The van der Waals surface area contributed by atoms with Gasteiger partial charge in [0.15, 0.2) is 0 Å². The largest absolute Gasteiger partial charge is 0.497 e. The summed E-state index contributed by atoms with van der Waals surface area (Å²) in [6.07, 6.45) is 0. The smallest absolute Gasteiger partial charge is 0.142 e. The van der Waals surface area contributed by atoms with Crippen LogP contribution in [-0.2, 0) is 6.54 Å². The molecular formula is C16H18BrNO2. The van der Waals surface area contributed by atoms with E-state index in [1.165, 1.54) is 11.1 Å². The van der Waals surface area contributed by atoms with Gasteiger partial charge in [0, 0.05) is 17.1 Å². The fourth-order valence-corrected chi connectivity index (χ4v) is 2.21. The molecule has 0 aliphatic heterocycles. The number of rotatable bonds is 5. The Bertz CT molecular complexity index is 599. The Kier molecular flexibility index (Phi) is 4.90. The van der Waals surface area contributed by atoms with Crippen molar-refractivity contribution in [2.75, 3.05) is 19.5 Å². The van der Waals surface area contributed by atoms with Crippen LogP contribution in [0.2, 0.25) is 0 Å². The highest BCUT2D eigenvalue weighted by molar-refractivity contribution is 9.10. The second-order valence-electron chi connectivity index (χ2n) is 4.50. The molecule has 0 aliphatic rings. The first kappa shape index (κ1) is 14.7. The van der Waals surface area contributed by atoms with Crippen molar-refractivity contribution in [3.63, 3.8) is 0 Å². The molecule has 2 aromatic rings. The Morgan fingerprint density at radius 3 is 2.50 bits per heavy atom. The van der Waals surface area contributed by atoms with E-state index in [0.29, 0.717) is 0 Å². The van der Waals surface area contributed by atoms with Crippen LogP contribution in [0.4, 0.5) is 5.69 Å². The predicted molar refractivity (Wildman–Crippen MR) is 85.8 cm³/mol. The highest BCUT2D eigenvalue weighted by Crippen LogP contribution is 2.29. The van der Waals surface area contributed by atoms with Gasteiger partial charge in [-0.2, -0.15) is 0 Å². The van der Waals surface area contributed by atoms with Crippen molar-refractivity contribution in [2.45, 2.75) is 13.5 Å². The second-order valence-corrected chi connectivity index (χ2v) is 5.36. The first-order valence-electron chi connectivity index (χ1n) is 6.35. The topological polar surface area (TPSA) is 30.5 Å². The second kappa shape index (κ2) is 6.66. The molecular weight excluding hydrogens is 318 g/mol. The van der Waals surface area contributed by atoms with Crippen molar-refractivity contribution < 1.29 is 9.47 Å². The minimum Gasteiger partial charge on any atom is -0.497 e. The molecule has 2 aromatic carbocycles. The lowest BCUT2D eigenvalue weighted by molar-refractivity contribution is 0.404. The monoisotopic (exact) mass is 335 g/mol. The molecule has 0 radical (unpaired) electrons. The Balaban J connectivity index is 2.15. The van der Waals surface area contributed by atoms with Crippen LogP contribution >= 0.6 is 15.9 Å². The molecule has 0 fully saturated rings. The number of benzene rings is 2. The summed E-state index contributed by atoms with van der Waals surface area (Å²) >= 11 is 3.51. The standard InChI is InChI=1S/C16H18BrNO2/c1-11-8-12(4-6-14(11)17)10-18-15-9-13(19-2)5-7-16(15)20-3/h4-9,18H,10H2,1-3H3. The van der Waals surface area contributed by atoms with Gasteiger partial charge in [0.25, 0.3) is 0 Å². The average molecular weight is 336 g/mol. The molecule has 106 valence electrons. The van der Waals surface area contributed by atoms with E-state index in [1.807, 2.05) is 18.2 Å². The summed E-state index contributed by atoms with van der Waals surface area (Å²) in [6.45, 7) is 2.82. The summed E-state index contributed by atoms with van der Waals surface area (Å²) in [6, 6.07) is 12.0. The Hall–Kier alpha value is -1.68. The zero-order chi connectivity index (χ0) is 14.5. The fraction of sp³-hybridized carbons (Fsp3) is 0.250. The molecule has 0 bridgehead atoms. The molecule has 0 saturated carbocycles. The number of hydrogen-bond acceptors (Lipinski definition) is 3. The lowest BCUT2D eigenvalue weighted by Crippen LogP contribution is -2.02. The number of aryl methyl sites for hydroxylation is 1. The molecule has 0 aromatic heterocycles. The molecule has 0 heterocycles. The molecule has 2 rings (SSSR count). The van der Waals surface area contributed by atoms with Gasteiger partial charge in [0.2, 0.25) is 0 Å². The summed E-state index contributed by atoms with van der Waals surface area (Å²) in [5.41, 5.74) is 3.37. The Morgan fingerprint density at radius 1 is 1.05 bits per heavy atom. The highest BCUT2D eigenvalue weighted by Gasteiger charge is 2.05. The molecule has 4 heteroatoms. The summed E-state index contributed by atoms with van der Waals surface area (Å²) in [4.78, 5) is 0. The molecule has 3 nitrogen and oxygen atoms in total. The van der Waals surface area contributed by atoms with Gasteiger partial charge in [-0.15, -0.1) is 0 Å². The summed E-state index contributed by atoms with van der Waals surface area (Å²) in [5.74, 6) is 1.61. The minimum atomic E-state index is 0.734. The number of anilines is 1. The summed E-state index contributed by atoms with van der Waals surface area (Å²) < 4.78 is 11.7. The van der Waals surface area contributed by atoms with E-state index >= 15 is 0 Å². The van der Waals surface area contributed by atoms with Gasteiger partial charge >= 0.3 is 0 Å². The normalized spacial score (nSPS) is 10.2. The van der Waals surface area contributed by atoms with Crippen LogP contribution in [0, 0.1) is 6.92 Å². The fourth-order valence-electron chi connectivity index (χ4n) is 1.97. The van der Waals surface area contributed by atoms with Gasteiger partial charge in [-0.05, 0) is 36.2 Å². The first-order chi connectivity index (χ1) is 9.63. The molecule has 0 aliphatic carbocycles. The van der Waals surface area contributed by atoms with Gasteiger partial charge in [0.1, 0.15) is 11.5 Å². The number of ether oxygens (including phenoxy) is 2. The average Bonchev–Trinajstić information content (AvgIpc) is 2.48. The molecule has 0 saturated heterocycles. The number of halogens is 1. The van der Waals surface area contributed by atoms with Gasteiger partial charge in [0.05, 0.1) is 19.9 Å². The lowest BCUT2D eigenvalue weighted by Gasteiger charge is -2.13. The van der Waals surface area contributed by atoms with E-state index in [9.17, 15) is 0 Å². The van der Waals surface area contributed by atoms with Crippen molar-refractivity contribution in [2.24, 2.45) is 0 Å². The van der Waals surface area contributed by atoms with Crippen LogP contribution in [0.25, 0.3) is 0 Å². The maximum Gasteiger partial charge on any atom is 0.142 e. The van der Waals surface area contributed by atoms with E-state index in [4.69, 9.17) is 9.47 Å². The van der Waals surface area contributed by atoms with E-state index in [0.717, 1.165) is 28.2 Å². The lowest BCUT2D eigenvalue weighted by atomic mass is 10.1. The summed E-state index contributed by atoms with van der Waals surface area (Å²) in [5, 5.41) is 3.38. The molecule has 0 spiro atoms. The molecule has 20 heavy (non-hydrogen) atoms. The van der Waals surface area contributed by atoms with Crippen LogP contribution in [-0.4, -0.2) is 14.2 Å². The van der Waals surface area contributed by atoms with Crippen LogP contribution in [0.1, 0.15) is 11.1 Å². The zero-order valence-electron chi connectivity index (χ0n) is 11.9. The van der Waals surface area contributed by atoms with Crippen molar-refractivity contribution in [1.29, 1.82) is 0 Å². The van der Waals surface area contributed by atoms with Gasteiger partial charge in [-0.3, -0.25) is 0 Å². The zero-order valence-corrected chi connectivity index (χ0v) is 13.5. The third-order valence-corrected chi connectivity index (χ3v) is 4.00. The third-order valence-electron chi connectivity index (χ3n) is 3.11. The van der Waals surface area contributed by atoms with Crippen molar-refractivity contribution in [1.82, 2.24) is 0 Å². The van der Waals surface area contributed by atoms with Crippen LogP contribution in [0.3, 0.4) is 0 Å². The van der Waals surface area contributed by atoms with Crippen LogP contribution in [0.15, 0.2) is 40.9 Å². The highest BCUT2D eigenvalue weighted by atomic mass is 79.9. The first-order valence-corrected chi connectivity index (χ1v) is 7.14. The summed E-state index contributed by atoms with van der Waals surface area (Å²) in [7, 11) is 3.32. The predicted octanol–water partition coefficient (Wildman–Crippen LogP) is 4.39. The third kappa shape index (κ3) is 3.45.